The van der Waals surface area contributed by atoms with E-state index in [0.29, 0.717) is 11.3 Å². The number of hydrogen-bond donors (Lipinski definition) is 3. The number of rotatable bonds is 5. The van der Waals surface area contributed by atoms with Crippen LogP contribution in [0.4, 0.5) is 4.39 Å². The molecule has 0 fully saturated rings. The lowest BCUT2D eigenvalue weighted by Crippen LogP contribution is -2.35. The Balaban J connectivity index is 1.87. The maximum absolute atomic E-state index is 12.8. The lowest BCUT2D eigenvalue weighted by molar-refractivity contribution is -0.120. The number of para-hydroxylation sites is 1. The van der Waals surface area contributed by atoms with E-state index in [1.54, 1.807) is 31.2 Å². The van der Waals surface area contributed by atoms with E-state index in [1.165, 1.54) is 24.3 Å². The van der Waals surface area contributed by atoms with Gasteiger partial charge in [-0.05, 0) is 36.8 Å². The molecule has 2 aromatic rings. The van der Waals surface area contributed by atoms with E-state index in [-0.39, 0.29) is 23.7 Å². The molecule has 0 bridgehead atoms. The highest BCUT2D eigenvalue weighted by atomic mass is 19.1. The van der Waals surface area contributed by atoms with Crippen LogP contribution in [0.1, 0.15) is 22.8 Å². The number of benzene rings is 2. The van der Waals surface area contributed by atoms with E-state index in [1.807, 2.05) is 0 Å². The lowest BCUT2D eigenvalue weighted by atomic mass is 10.1. The van der Waals surface area contributed by atoms with Crippen LogP contribution in [-0.4, -0.2) is 29.2 Å². The third-order valence-corrected chi connectivity index (χ3v) is 3.17. The van der Waals surface area contributed by atoms with Crippen LogP contribution >= 0.6 is 0 Å². The maximum Gasteiger partial charge on any atom is 0.259 e. The molecule has 0 radical (unpaired) electrons. The smallest absolute Gasteiger partial charge is 0.259 e. The molecule has 0 saturated carbocycles. The highest BCUT2D eigenvalue weighted by Gasteiger charge is 2.11. The number of halogens is 1. The van der Waals surface area contributed by atoms with Crippen molar-refractivity contribution in [3.63, 3.8) is 0 Å². The van der Waals surface area contributed by atoms with Crippen LogP contribution in [0.25, 0.3) is 0 Å². The molecule has 0 aliphatic carbocycles. The predicted octanol–water partition coefficient (Wildman–Crippen LogP) is 1.80. The molecule has 24 heavy (non-hydrogen) atoms. The molecule has 0 heterocycles. The summed E-state index contributed by atoms with van der Waals surface area (Å²) < 4.78 is 12.8. The van der Waals surface area contributed by atoms with Gasteiger partial charge in [-0.3, -0.25) is 9.59 Å². The Morgan fingerprint density at radius 1 is 1.12 bits per heavy atom. The molecular formula is C17H16FN3O3. The van der Waals surface area contributed by atoms with Crippen molar-refractivity contribution >= 4 is 17.5 Å². The molecule has 0 unspecified atom stereocenters. The topological polar surface area (TPSA) is 90.8 Å². The summed E-state index contributed by atoms with van der Waals surface area (Å²) in [6.07, 6.45) is 0. The van der Waals surface area contributed by atoms with Crippen LogP contribution in [-0.2, 0) is 4.79 Å². The van der Waals surface area contributed by atoms with Crippen LogP contribution < -0.4 is 10.7 Å². The van der Waals surface area contributed by atoms with Crippen LogP contribution in [0.15, 0.2) is 53.6 Å². The maximum atomic E-state index is 12.8. The fraction of sp³-hybridized carbons (Fsp3) is 0.118. The van der Waals surface area contributed by atoms with Gasteiger partial charge in [0.15, 0.2) is 0 Å². The lowest BCUT2D eigenvalue weighted by Gasteiger charge is -2.06. The van der Waals surface area contributed by atoms with E-state index >= 15 is 0 Å². The van der Waals surface area contributed by atoms with Crippen LogP contribution in [0.3, 0.4) is 0 Å². The molecule has 0 atom stereocenters. The number of phenolic OH excluding ortho intramolecular Hbond substituents is 1. The van der Waals surface area contributed by atoms with Gasteiger partial charge in [0.2, 0.25) is 0 Å². The Hall–Kier alpha value is -3.22. The Morgan fingerprint density at radius 3 is 2.46 bits per heavy atom. The molecule has 2 amide bonds. The monoisotopic (exact) mass is 329 g/mol. The average Bonchev–Trinajstić information content (AvgIpc) is 2.58. The Bertz CT molecular complexity index is 773. The molecular weight excluding hydrogens is 313 g/mol. The number of amides is 2. The normalized spacial score (nSPS) is 11.0. The van der Waals surface area contributed by atoms with Crippen molar-refractivity contribution in [2.45, 2.75) is 6.92 Å². The molecule has 0 aromatic heterocycles. The highest BCUT2D eigenvalue weighted by molar-refractivity contribution is 6.00. The van der Waals surface area contributed by atoms with Gasteiger partial charge in [0.25, 0.3) is 11.8 Å². The first-order valence-corrected chi connectivity index (χ1v) is 7.12. The summed E-state index contributed by atoms with van der Waals surface area (Å²) in [6, 6.07) is 11.7. The Morgan fingerprint density at radius 2 is 1.79 bits per heavy atom. The zero-order valence-electron chi connectivity index (χ0n) is 12.9. The van der Waals surface area contributed by atoms with Crippen LogP contribution in [0, 0.1) is 5.82 Å². The molecule has 7 heteroatoms. The van der Waals surface area contributed by atoms with Gasteiger partial charge in [0.1, 0.15) is 11.6 Å². The summed E-state index contributed by atoms with van der Waals surface area (Å²) in [4.78, 5) is 23.5. The second kappa shape index (κ2) is 7.87. The average molecular weight is 329 g/mol. The third-order valence-electron chi connectivity index (χ3n) is 3.17. The first-order chi connectivity index (χ1) is 11.5. The zero-order valence-corrected chi connectivity index (χ0v) is 12.9. The molecule has 3 N–H and O–H groups in total. The SMILES string of the molecule is C/C(=N/NC(=O)CNC(=O)c1ccccc1O)c1ccc(F)cc1. The molecule has 0 aliphatic heterocycles. The van der Waals surface area contributed by atoms with Gasteiger partial charge in [-0.25, -0.2) is 9.82 Å². The van der Waals surface area contributed by atoms with Crippen molar-refractivity contribution < 1.29 is 19.1 Å². The minimum absolute atomic E-state index is 0.0799. The highest BCUT2D eigenvalue weighted by Crippen LogP contribution is 2.14. The van der Waals surface area contributed by atoms with Gasteiger partial charge < -0.3 is 10.4 Å². The predicted molar refractivity (Wildman–Crippen MR) is 87.2 cm³/mol. The number of carbonyl (C=O) groups excluding carboxylic acids is 2. The van der Waals surface area contributed by atoms with Crippen molar-refractivity contribution in [2.75, 3.05) is 6.54 Å². The summed E-state index contributed by atoms with van der Waals surface area (Å²) in [5.41, 5.74) is 3.53. The largest absolute Gasteiger partial charge is 0.507 e. The van der Waals surface area contributed by atoms with Gasteiger partial charge in [-0.15, -0.1) is 0 Å². The van der Waals surface area contributed by atoms with Crippen molar-refractivity contribution in [3.05, 3.63) is 65.5 Å². The van der Waals surface area contributed by atoms with E-state index in [2.05, 4.69) is 15.8 Å². The van der Waals surface area contributed by atoms with E-state index in [0.717, 1.165) is 0 Å². The summed E-state index contributed by atoms with van der Waals surface area (Å²) >= 11 is 0. The molecule has 6 nitrogen and oxygen atoms in total. The van der Waals surface area contributed by atoms with Crippen molar-refractivity contribution in [1.29, 1.82) is 0 Å². The fourth-order valence-electron chi connectivity index (χ4n) is 1.86. The van der Waals surface area contributed by atoms with Gasteiger partial charge >= 0.3 is 0 Å². The number of carbonyl (C=O) groups is 2. The van der Waals surface area contributed by atoms with Gasteiger partial charge in [0, 0.05) is 0 Å². The van der Waals surface area contributed by atoms with Crippen molar-refractivity contribution in [3.8, 4) is 5.75 Å². The third kappa shape index (κ3) is 4.64. The minimum atomic E-state index is -0.567. The molecule has 2 aromatic carbocycles. The van der Waals surface area contributed by atoms with Gasteiger partial charge in [-0.1, -0.05) is 24.3 Å². The fourth-order valence-corrected chi connectivity index (χ4v) is 1.86. The van der Waals surface area contributed by atoms with E-state index in [9.17, 15) is 19.1 Å². The van der Waals surface area contributed by atoms with Crippen LogP contribution in [0.2, 0.25) is 0 Å². The quantitative estimate of drug-likeness (QED) is 0.577. The van der Waals surface area contributed by atoms with Gasteiger partial charge in [0.05, 0.1) is 17.8 Å². The first-order valence-electron chi connectivity index (χ1n) is 7.12. The van der Waals surface area contributed by atoms with Crippen molar-refractivity contribution in [1.82, 2.24) is 10.7 Å². The number of hydrogen-bond acceptors (Lipinski definition) is 4. The summed E-state index contributed by atoms with van der Waals surface area (Å²) in [5.74, 6) is -1.62. The molecule has 124 valence electrons. The number of phenols is 1. The number of aromatic hydroxyl groups is 1. The summed E-state index contributed by atoms with van der Waals surface area (Å²) in [7, 11) is 0. The van der Waals surface area contributed by atoms with E-state index in [4.69, 9.17) is 0 Å². The molecule has 2 rings (SSSR count). The second-order valence-electron chi connectivity index (χ2n) is 4.94. The molecule has 0 saturated heterocycles. The summed E-state index contributed by atoms with van der Waals surface area (Å²) in [6.45, 7) is 1.36. The molecule has 0 spiro atoms. The second-order valence-corrected chi connectivity index (χ2v) is 4.94. The molecule has 0 aliphatic rings. The van der Waals surface area contributed by atoms with Gasteiger partial charge in [-0.2, -0.15) is 5.10 Å². The standard InChI is InChI=1S/C17H16FN3O3/c1-11(12-6-8-13(18)9-7-12)20-21-16(23)10-19-17(24)14-4-2-3-5-15(14)22/h2-9,22H,10H2,1H3,(H,19,24)(H,21,23)/b20-11-. The number of nitrogens with one attached hydrogen (secondary N) is 2. The van der Waals surface area contributed by atoms with E-state index < -0.39 is 11.8 Å². The number of hydrazone groups is 1. The Labute approximate surface area is 138 Å². The summed E-state index contributed by atoms with van der Waals surface area (Å²) in [5, 5.41) is 15.8. The zero-order chi connectivity index (χ0) is 17.5. The number of nitrogens with zero attached hydrogens (tertiary/aromatic N) is 1. The Kier molecular flexibility index (Phi) is 5.62. The first kappa shape index (κ1) is 17.1. The van der Waals surface area contributed by atoms with Crippen LogP contribution in [0.5, 0.6) is 5.75 Å². The minimum Gasteiger partial charge on any atom is -0.507 e. The van der Waals surface area contributed by atoms with Crippen molar-refractivity contribution in [2.24, 2.45) is 5.10 Å².